The van der Waals surface area contributed by atoms with Crippen LogP contribution in [0.2, 0.25) is 5.15 Å². The topological polar surface area (TPSA) is 89.5 Å². The lowest BCUT2D eigenvalue weighted by atomic mass is 9.93. The lowest BCUT2D eigenvalue weighted by Crippen LogP contribution is -2.46. The van der Waals surface area contributed by atoms with Gasteiger partial charge in [0, 0.05) is 12.1 Å². The van der Waals surface area contributed by atoms with Crippen LogP contribution in [0.3, 0.4) is 0 Å². The van der Waals surface area contributed by atoms with Crippen molar-refractivity contribution in [2.45, 2.75) is 38.8 Å². The summed E-state index contributed by atoms with van der Waals surface area (Å²) in [7, 11) is 1.56. The van der Waals surface area contributed by atoms with E-state index >= 15 is 0 Å². The smallest absolute Gasteiger partial charge is 0.414 e. The molecule has 27 heavy (non-hydrogen) atoms. The highest BCUT2D eigenvalue weighted by Gasteiger charge is 2.37. The Hall–Kier alpha value is -2.61. The SMILES string of the molecule is CCOC(=O)N1c2ccc(OC)nc2[C@@H](Nc2cncc(Cl)n2)C[C@H]1CC. The Morgan fingerprint density at radius 1 is 1.33 bits per heavy atom. The van der Waals surface area contributed by atoms with Gasteiger partial charge in [0.05, 0.1) is 43.5 Å². The van der Waals surface area contributed by atoms with Gasteiger partial charge < -0.3 is 14.8 Å². The number of aromatic nitrogens is 3. The predicted octanol–water partition coefficient (Wildman–Crippen LogP) is 3.83. The van der Waals surface area contributed by atoms with Crippen molar-refractivity contribution in [1.82, 2.24) is 15.0 Å². The Kier molecular flexibility index (Phi) is 5.95. The number of nitrogens with zero attached hydrogens (tertiary/aromatic N) is 4. The molecule has 0 saturated heterocycles. The van der Waals surface area contributed by atoms with E-state index in [-0.39, 0.29) is 18.2 Å². The molecule has 0 radical (unpaired) electrons. The molecule has 0 saturated carbocycles. The van der Waals surface area contributed by atoms with Crippen LogP contribution in [-0.4, -0.2) is 40.8 Å². The molecule has 0 aliphatic carbocycles. The zero-order valence-electron chi connectivity index (χ0n) is 15.5. The van der Waals surface area contributed by atoms with E-state index in [0.717, 1.165) is 6.42 Å². The summed E-state index contributed by atoms with van der Waals surface area (Å²) < 4.78 is 10.5. The molecule has 1 N–H and O–H groups in total. The summed E-state index contributed by atoms with van der Waals surface area (Å²) in [6.45, 7) is 4.14. The van der Waals surface area contributed by atoms with E-state index in [4.69, 9.17) is 21.1 Å². The maximum absolute atomic E-state index is 12.6. The maximum atomic E-state index is 12.6. The summed E-state index contributed by atoms with van der Waals surface area (Å²) in [4.78, 5) is 27.1. The van der Waals surface area contributed by atoms with Crippen molar-refractivity contribution < 1.29 is 14.3 Å². The zero-order chi connectivity index (χ0) is 19.4. The minimum Gasteiger partial charge on any atom is -0.481 e. The predicted molar refractivity (Wildman–Crippen MR) is 102 cm³/mol. The average Bonchev–Trinajstić information content (AvgIpc) is 2.67. The molecule has 0 fully saturated rings. The molecule has 0 bridgehead atoms. The number of nitrogens with one attached hydrogen (secondary N) is 1. The third-order valence-corrected chi connectivity index (χ3v) is 4.59. The van der Waals surface area contributed by atoms with Crippen molar-refractivity contribution in [3.8, 4) is 5.88 Å². The van der Waals surface area contributed by atoms with Crippen molar-refractivity contribution in [2.24, 2.45) is 0 Å². The van der Waals surface area contributed by atoms with Crippen LogP contribution in [0.4, 0.5) is 16.3 Å². The number of halogens is 1. The zero-order valence-corrected chi connectivity index (χ0v) is 16.2. The normalized spacial score (nSPS) is 18.6. The fourth-order valence-corrected chi connectivity index (χ4v) is 3.36. The number of fused-ring (bicyclic) bond motifs is 1. The fourth-order valence-electron chi connectivity index (χ4n) is 3.22. The molecule has 1 amide bonds. The second-order valence-electron chi connectivity index (χ2n) is 6.05. The summed E-state index contributed by atoms with van der Waals surface area (Å²) >= 11 is 5.95. The van der Waals surface area contributed by atoms with Crippen LogP contribution in [0.1, 0.15) is 38.4 Å². The van der Waals surface area contributed by atoms with Gasteiger partial charge in [0.1, 0.15) is 11.0 Å². The third kappa shape index (κ3) is 4.05. The number of amides is 1. The average molecular weight is 392 g/mol. The summed E-state index contributed by atoms with van der Waals surface area (Å²) in [5.41, 5.74) is 1.38. The van der Waals surface area contributed by atoms with Crippen molar-refractivity contribution in [1.29, 1.82) is 0 Å². The Morgan fingerprint density at radius 2 is 2.15 bits per heavy atom. The maximum Gasteiger partial charge on any atom is 0.414 e. The second-order valence-corrected chi connectivity index (χ2v) is 6.44. The molecule has 3 heterocycles. The quantitative estimate of drug-likeness (QED) is 0.828. The lowest BCUT2D eigenvalue weighted by Gasteiger charge is -2.39. The lowest BCUT2D eigenvalue weighted by molar-refractivity contribution is 0.155. The molecule has 2 atom stereocenters. The minimum absolute atomic E-state index is 0.0450. The summed E-state index contributed by atoms with van der Waals surface area (Å²) in [6, 6.07) is 3.34. The fraction of sp³-hybridized carbons (Fsp3) is 0.444. The van der Waals surface area contributed by atoms with Gasteiger partial charge in [-0.05, 0) is 25.8 Å². The Balaban J connectivity index is 2.02. The van der Waals surface area contributed by atoms with E-state index in [1.54, 1.807) is 31.2 Å². The highest BCUT2D eigenvalue weighted by atomic mass is 35.5. The van der Waals surface area contributed by atoms with Gasteiger partial charge in [-0.1, -0.05) is 18.5 Å². The molecule has 8 nitrogen and oxygen atoms in total. The van der Waals surface area contributed by atoms with Crippen molar-refractivity contribution in [3.63, 3.8) is 0 Å². The van der Waals surface area contributed by atoms with Crippen molar-refractivity contribution in [2.75, 3.05) is 23.9 Å². The van der Waals surface area contributed by atoms with Crippen LogP contribution in [0, 0.1) is 0 Å². The number of rotatable bonds is 5. The molecule has 2 aromatic heterocycles. The number of hydrogen-bond donors (Lipinski definition) is 1. The van der Waals surface area contributed by atoms with Gasteiger partial charge in [0.25, 0.3) is 0 Å². The summed E-state index contributed by atoms with van der Waals surface area (Å²) in [5.74, 6) is 1.01. The molecular formula is C18H22ClN5O3. The second kappa shape index (κ2) is 8.39. The first kappa shape index (κ1) is 19.2. The van der Waals surface area contributed by atoms with Gasteiger partial charge in [-0.2, -0.15) is 0 Å². The monoisotopic (exact) mass is 391 g/mol. The van der Waals surface area contributed by atoms with Crippen LogP contribution >= 0.6 is 11.6 Å². The molecule has 1 aliphatic heterocycles. The number of carbonyl (C=O) groups excluding carboxylic acids is 1. The van der Waals surface area contributed by atoms with Gasteiger partial charge in [-0.25, -0.2) is 14.8 Å². The van der Waals surface area contributed by atoms with Crippen LogP contribution < -0.4 is 15.0 Å². The van der Waals surface area contributed by atoms with Crippen LogP contribution in [0.25, 0.3) is 0 Å². The van der Waals surface area contributed by atoms with Gasteiger partial charge in [-0.15, -0.1) is 0 Å². The minimum atomic E-state index is -0.376. The molecule has 0 aromatic carbocycles. The van der Waals surface area contributed by atoms with Crippen LogP contribution in [0.15, 0.2) is 24.5 Å². The number of ether oxygens (including phenoxy) is 2. The summed E-state index contributed by atoms with van der Waals surface area (Å²) in [6.07, 6.45) is 4.10. The van der Waals surface area contributed by atoms with Crippen molar-refractivity contribution >= 4 is 29.2 Å². The first-order chi connectivity index (χ1) is 13.1. The number of methoxy groups -OCH3 is 1. The van der Waals surface area contributed by atoms with E-state index in [2.05, 4.69) is 20.3 Å². The van der Waals surface area contributed by atoms with Gasteiger partial charge in [-0.3, -0.25) is 9.88 Å². The van der Waals surface area contributed by atoms with E-state index in [1.807, 2.05) is 13.0 Å². The number of anilines is 2. The van der Waals surface area contributed by atoms with Crippen molar-refractivity contribution in [3.05, 3.63) is 35.4 Å². The molecular weight excluding hydrogens is 370 g/mol. The molecule has 3 rings (SSSR count). The molecule has 0 spiro atoms. The van der Waals surface area contributed by atoms with Crippen LogP contribution in [0.5, 0.6) is 5.88 Å². The van der Waals surface area contributed by atoms with Crippen LogP contribution in [-0.2, 0) is 4.74 Å². The number of hydrogen-bond acceptors (Lipinski definition) is 7. The van der Waals surface area contributed by atoms with Gasteiger partial charge >= 0.3 is 6.09 Å². The number of carbonyl (C=O) groups is 1. The standard InChI is InChI=1S/C18H22ClN5O3/c1-4-11-8-12(21-15-10-20-9-14(19)22-15)17-13(6-7-16(23-17)26-3)24(11)18(25)27-5-2/h6-7,9-12H,4-5,8H2,1-3H3,(H,21,22)/t11-,12+/m1/s1. The van der Waals surface area contributed by atoms with Gasteiger partial charge in [0.15, 0.2) is 0 Å². The highest BCUT2D eigenvalue weighted by molar-refractivity contribution is 6.29. The first-order valence-corrected chi connectivity index (χ1v) is 9.20. The highest BCUT2D eigenvalue weighted by Crippen LogP contribution is 2.40. The Labute approximate surface area is 162 Å². The van der Waals surface area contributed by atoms with E-state index in [0.29, 0.717) is 41.3 Å². The number of pyridine rings is 1. The summed E-state index contributed by atoms with van der Waals surface area (Å²) in [5, 5.41) is 3.63. The first-order valence-electron chi connectivity index (χ1n) is 8.82. The Bertz CT molecular complexity index is 819. The largest absolute Gasteiger partial charge is 0.481 e. The van der Waals surface area contributed by atoms with E-state index < -0.39 is 0 Å². The molecule has 2 aromatic rings. The Morgan fingerprint density at radius 3 is 2.81 bits per heavy atom. The van der Waals surface area contributed by atoms with E-state index in [9.17, 15) is 4.79 Å². The molecule has 0 unspecified atom stereocenters. The van der Waals surface area contributed by atoms with E-state index in [1.165, 1.54) is 6.20 Å². The third-order valence-electron chi connectivity index (χ3n) is 4.41. The molecule has 144 valence electrons. The molecule has 1 aliphatic rings. The molecule has 9 heteroatoms. The van der Waals surface area contributed by atoms with Gasteiger partial charge in [0.2, 0.25) is 5.88 Å².